The Hall–Kier alpha value is -3.54. The molecule has 2 aromatic rings. The molecule has 1 aromatic heterocycles. The molecule has 0 fully saturated rings. The molecule has 0 atom stereocenters. The van der Waals surface area contributed by atoms with Gasteiger partial charge in [-0.2, -0.15) is 5.10 Å². The van der Waals surface area contributed by atoms with E-state index in [0.29, 0.717) is 12.3 Å². The van der Waals surface area contributed by atoms with E-state index in [1.807, 2.05) is 6.20 Å². The standard InChI is InChI=1S/C21H18N2O4/c24-21(25)17-8-6-16(7-9-17)18-11-22-23(12-18)20-14-26-13-19(27-20)10-15-4-2-1-3-5-15/h1-2,4,6-9,11-14H,3,5,10H2,(H,24,25). The summed E-state index contributed by atoms with van der Waals surface area (Å²) < 4.78 is 13.0. The monoisotopic (exact) mass is 362 g/mol. The normalized spacial score (nSPS) is 15.9. The van der Waals surface area contributed by atoms with Gasteiger partial charge in [0.05, 0.1) is 11.8 Å². The molecule has 136 valence electrons. The van der Waals surface area contributed by atoms with Crippen LogP contribution in [-0.4, -0.2) is 20.9 Å². The first kappa shape index (κ1) is 16.9. The van der Waals surface area contributed by atoms with E-state index in [4.69, 9.17) is 14.6 Å². The van der Waals surface area contributed by atoms with Crippen molar-refractivity contribution in [3.8, 4) is 11.1 Å². The average molecular weight is 362 g/mol. The Morgan fingerprint density at radius 2 is 2.04 bits per heavy atom. The Morgan fingerprint density at radius 1 is 1.19 bits per heavy atom. The highest BCUT2D eigenvalue weighted by Gasteiger charge is 2.15. The highest BCUT2D eigenvalue weighted by atomic mass is 16.6. The van der Waals surface area contributed by atoms with Crippen LogP contribution in [0.1, 0.15) is 29.6 Å². The van der Waals surface area contributed by atoms with Gasteiger partial charge >= 0.3 is 5.97 Å². The Balaban J connectivity index is 1.46. The lowest BCUT2D eigenvalue weighted by Crippen LogP contribution is -2.07. The van der Waals surface area contributed by atoms with Crippen molar-refractivity contribution in [1.82, 2.24) is 9.78 Å². The van der Waals surface area contributed by atoms with Crippen LogP contribution in [0.5, 0.6) is 0 Å². The lowest BCUT2D eigenvalue weighted by molar-refractivity contribution is 0.0697. The number of aromatic carboxylic acids is 1. The fourth-order valence-electron chi connectivity index (χ4n) is 2.95. The van der Waals surface area contributed by atoms with Crippen molar-refractivity contribution in [3.05, 3.63) is 84.3 Å². The van der Waals surface area contributed by atoms with Crippen LogP contribution in [0.3, 0.4) is 0 Å². The molecule has 1 aliphatic heterocycles. The summed E-state index contributed by atoms with van der Waals surface area (Å²) in [6.07, 6.45) is 15.7. The third-order valence-electron chi connectivity index (χ3n) is 4.38. The highest BCUT2D eigenvalue weighted by Crippen LogP contribution is 2.27. The number of ether oxygens (including phenoxy) is 2. The summed E-state index contributed by atoms with van der Waals surface area (Å²) in [5.74, 6) is 0.266. The summed E-state index contributed by atoms with van der Waals surface area (Å²) in [5.41, 5.74) is 3.28. The van der Waals surface area contributed by atoms with Gasteiger partial charge < -0.3 is 14.6 Å². The van der Waals surface area contributed by atoms with Gasteiger partial charge in [0, 0.05) is 18.2 Å². The average Bonchev–Trinajstić information content (AvgIpc) is 3.19. The van der Waals surface area contributed by atoms with Gasteiger partial charge in [-0.3, -0.25) is 0 Å². The lowest BCUT2D eigenvalue weighted by atomic mass is 10.0. The molecule has 27 heavy (non-hydrogen) atoms. The Morgan fingerprint density at radius 3 is 2.78 bits per heavy atom. The molecule has 6 heteroatoms. The maximum atomic E-state index is 11.0. The molecule has 0 saturated heterocycles. The molecule has 1 aromatic carbocycles. The van der Waals surface area contributed by atoms with E-state index in [1.54, 1.807) is 41.4 Å². The molecule has 2 aliphatic rings. The predicted octanol–water partition coefficient (Wildman–Crippen LogP) is 4.56. The number of carboxylic acid groups (broad SMARTS) is 1. The van der Waals surface area contributed by atoms with Crippen molar-refractivity contribution < 1.29 is 19.4 Å². The number of allylic oxidation sites excluding steroid dienone is 4. The van der Waals surface area contributed by atoms with Crippen molar-refractivity contribution in [3.63, 3.8) is 0 Å². The number of rotatable bonds is 5. The van der Waals surface area contributed by atoms with E-state index in [-0.39, 0.29) is 5.56 Å². The number of aromatic nitrogens is 2. The Labute approximate surface area is 156 Å². The van der Waals surface area contributed by atoms with E-state index < -0.39 is 5.97 Å². The molecule has 2 heterocycles. The van der Waals surface area contributed by atoms with Crippen LogP contribution in [0.15, 0.2) is 78.7 Å². The lowest BCUT2D eigenvalue weighted by Gasteiger charge is -2.18. The van der Waals surface area contributed by atoms with Crippen molar-refractivity contribution in [2.75, 3.05) is 0 Å². The van der Waals surface area contributed by atoms with Gasteiger partial charge in [0.15, 0.2) is 6.26 Å². The highest BCUT2D eigenvalue weighted by molar-refractivity contribution is 5.88. The van der Waals surface area contributed by atoms with Crippen LogP contribution in [0, 0.1) is 0 Å². The summed E-state index contributed by atoms with van der Waals surface area (Å²) in [6, 6.07) is 6.65. The number of carbonyl (C=O) groups is 1. The third-order valence-corrected chi connectivity index (χ3v) is 4.38. The molecule has 0 spiro atoms. The first-order valence-corrected chi connectivity index (χ1v) is 8.65. The third kappa shape index (κ3) is 3.84. The Kier molecular flexibility index (Phi) is 4.61. The number of benzene rings is 1. The zero-order valence-electron chi connectivity index (χ0n) is 14.5. The van der Waals surface area contributed by atoms with Gasteiger partial charge in [-0.25, -0.2) is 9.48 Å². The van der Waals surface area contributed by atoms with Crippen LogP contribution in [0.4, 0.5) is 0 Å². The largest absolute Gasteiger partial charge is 0.478 e. The fourth-order valence-corrected chi connectivity index (χ4v) is 2.95. The Bertz CT molecular complexity index is 978. The summed E-state index contributed by atoms with van der Waals surface area (Å²) in [6.45, 7) is 0. The maximum absolute atomic E-state index is 11.0. The molecule has 0 bridgehead atoms. The summed E-state index contributed by atoms with van der Waals surface area (Å²) in [7, 11) is 0. The number of hydrogen-bond donors (Lipinski definition) is 1. The van der Waals surface area contributed by atoms with E-state index in [9.17, 15) is 4.79 Å². The van der Waals surface area contributed by atoms with Gasteiger partial charge in [-0.15, -0.1) is 0 Å². The second-order valence-electron chi connectivity index (χ2n) is 6.30. The number of nitrogens with zero attached hydrogens (tertiary/aromatic N) is 2. The maximum Gasteiger partial charge on any atom is 0.335 e. The molecule has 4 rings (SSSR count). The summed E-state index contributed by atoms with van der Waals surface area (Å²) in [4.78, 5) is 11.0. The molecule has 0 unspecified atom stereocenters. The first-order chi connectivity index (χ1) is 13.2. The second-order valence-corrected chi connectivity index (χ2v) is 6.30. The van der Waals surface area contributed by atoms with Crippen LogP contribution < -0.4 is 0 Å². The van der Waals surface area contributed by atoms with Gasteiger partial charge in [0.1, 0.15) is 12.0 Å². The minimum absolute atomic E-state index is 0.250. The molecule has 1 N–H and O–H groups in total. The van der Waals surface area contributed by atoms with Crippen molar-refractivity contribution in [2.24, 2.45) is 0 Å². The van der Waals surface area contributed by atoms with Gasteiger partial charge in [0.25, 0.3) is 5.88 Å². The zero-order valence-corrected chi connectivity index (χ0v) is 14.5. The predicted molar refractivity (Wildman–Crippen MR) is 100 cm³/mol. The molecule has 6 nitrogen and oxygen atoms in total. The van der Waals surface area contributed by atoms with Crippen LogP contribution in [0.25, 0.3) is 17.0 Å². The minimum atomic E-state index is -0.946. The van der Waals surface area contributed by atoms with E-state index >= 15 is 0 Å². The molecule has 0 radical (unpaired) electrons. The fraction of sp³-hybridized carbons (Fsp3) is 0.143. The van der Waals surface area contributed by atoms with Crippen molar-refractivity contribution in [2.45, 2.75) is 19.3 Å². The molecular formula is C21H18N2O4. The number of carboxylic acids is 1. The zero-order chi connectivity index (χ0) is 18.6. The van der Waals surface area contributed by atoms with Crippen LogP contribution >= 0.6 is 0 Å². The van der Waals surface area contributed by atoms with Crippen molar-refractivity contribution in [1.29, 1.82) is 0 Å². The van der Waals surface area contributed by atoms with Gasteiger partial charge in [-0.1, -0.05) is 35.9 Å². The smallest absolute Gasteiger partial charge is 0.335 e. The van der Waals surface area contributed by atoms with Gasteiger partial charge in [0.2, 0.25) is 0 Å². The van der Waals surface area contributed by atoms with E-state index in [2.05, 4.69) is 23.3 Å². The van der Waals surface area contributed by atoms with Crippen LogP contribution in [0.2, 0.25) is 0 Å². The molecule has 0 amide bonds. The molecule has 1 aliphatic carbocycles. The van der Waals surface area contributed by atoms with E-state index in [0.717, 1.165) is 29.7 Å². The second kappa shape index (κ2) is 7.37. The van der Waals surface area contributed by atoms with Gasteiger partial charge in [-0.05, 0) is 30.5 Å². The minimum Gasteiger partial charge on any atom is -0.478 e. The van der Waals surface area contributed by atoms with Crippen LogP contribution in [-0.2, 0) is 9.47 Å². The topological polar surface area (TPSA) is 73.6 Å². The molecule has 0 saturated carbocycles. The SMILES string of the molecule is O=C(O)c1ccc(-c2cnn(C3=COC=C(CC4=CC=CCC4)O3)c2)cc1. The number of hydrogen-bond acceptors (Lipinski definition) is 4. The first-order valence-electron chi connectivity index (χ1n) is 8.65. The van der Waals surface area contributed by atoms with Crippen molar-refractivity contribution >= 4 is 11.9 Å². The van der Waals surface area contributed by atoms with E-state index in [1.165, 1.54) is 11.8 Å². The quantitative estimate of drug-likeness (QED) is 0.844. The summed E-state index contributed by atoms with van der Waals surface area (Å²) in [5, 5.41) is 13.3. The summed E-state index contributed by atoms with van der Waals surface area (Å²) >= 11 is 0. The molecular weight excluding hydrogens is 344 g/mol.